The number of aliphatic hydroxyl groups is 1. The van der Waals surface area contributed by atoms with Crippen LogP contribution in [0.3, 0.4) is 0 Å². The summed E-state index contributed by atoms with van der Waals surface area (Å²) in [5.41, 5.74) is -0.719. The molecule has 16 heavy (non-hydrogen) atoms. The van der Waals surface area contributed by atoms with Crippen LogP contribution in [0.5, 0.6) is 0 Å². The molecule has 2 atom stereocenters. The molecule has 1 rings (SSSR count). The second-order valence-electron chi connectivity index (χ2n) is 4.81. The van der Waals surface area contributed by atoms with Crippen LogP contribution in [0.15, 0.2) is 0 Å². The van der Waals surface area contributed by atoms with E-state index < -0.39 is 15.4 Å². The SMILES string of the molecule is CCC1CC(O)(CCCS(C)(=O)=O)CCO1. The Morgan fingerprint density at radius 2 is 2.19 bits per heavy atom. The first-order valence-corrected chi connectivity index (χ1v) is 7.92. The summed E-state index contributed by atoms with van der Waals surface area (Å²) in [5.74, 6) is 0.160. The molecule has 1 aliphatic heterocycles. The summed E-state index contributed by atoms with van der Waals surface area (Å²) in [6.45, 7) is 2.61. The molecule has 1 heterocycles. The van der Waals surface area contributed by atoms with Crippen molar-refractivity contribution in [2.75, 3.05) is 18.6 Å². The van der Waals surface area contributed by atoms with Crippen molar-refractivity contribution in [3.05, 3.63) is 0 Å². The van der Waals surface area contributed by atoms with Crippen molar-refractivity contribution < 1.29 is 18.3 Å². The molecular weight excluding hydrogens is 228 g/mol. The minimum Gasteiger partial charge on any atom is -0.390 e. The van der Waals surface area contributed by atoms with Gasteiger partial charge >= 0.3 is 0 Å². The molecule has 4 nitrogen and oxygen atoms in total. The molecule has 1 N–H and O–H groups in total. The smallest absolute Gasteiger partial charge is 0.147 e. The van der Waals surface area contributed by atoms with E-state index in [0.717, 1.165) is 6.42 Å². The largest absolute Gasteiger partial charge is 0.390 e. The summed E-state index contributed by atoms with van der Waals surface area (Å²) >= 11 is 0. The first-order valence-electron chi connectivity index (χ1n) is 5.86. The Labute approximate surface area is 97.9 Å². The van der Waals surface area contributed by atoms with Crippen LogP contribution in [-0.4, -0.2) is 43.8 Å². The zero-order valence-corrected chi connectivity index (χ0v) is 10.9. The van der Waals surface area contributed by atoms with Crippen molar-refractivity contribution in [2.45, 2.75) is 50.7 Å². The monoisotopic (exact) mass is 250 g/mol. The van der Waals surface area contributed by atoms with E-state index in [9.17, 15) is 13.5 Å². The normalized spacial score (nSPS) is 31.6. The summed E-state index contributed by atoms with van der Waals surface area (Å²) < 4.78 is 27.5. The molecule has 0 saturated carbocycles. The van der Waals surface area contributed by atoms with E-state index in [2.05, 4.69) is 0 Å². The summed E-state index contributed by atoms with van der Waals surface area (Å²) in [6, 6.07) is 0. The van der Waals surface area contributed by atoms with Crippen LogP contribution in [0.2, 0.25) is 0 Å². The molecule has 0 aromatic heterocycles. The van der Waals surface area contributed by atoms with Gasteiger partial charge in [-0.15, -0.1) is 0 Å². The molecule has 5 heteroatoms. The number of sulfone groups is 1. The fourth-order valence-electron chi connectivity index (χ4n) is 2.15. The molecule has 96 valence electrons. The molecule has 0 aromatic carbocycles. The third kappa shape index (κ3) is 4.80. The highest BCUT2D eigenvalue weighted by Gasteiger charge is 2.33. The van der Waals surface area contributed by atoms with Crippen molar-refractivity contribution in [2.24, 2.45) is 0 Å². The van der Waals surface area contributed by atoms with Crippen LogP contribution in [0.4, 0.5) is 0 Å². The maximum Gasteiger partial charge on any atom is 0.147 e. The van der Waals surface area contributed by atoms with Gasteiger partial charge in [0.1, 0.15) is 9.84 Å². The molecule has 1 aliphatic rings. The Kier molecular flexibility index (Phi) is 4.76. The predicted molar refractivity (Wildman–Crippen MR) is 63.2 cm³/mol. The van der Waals surface area contributed by atoms with Gasteiger partial charge in [0.25, 0.3) is 0 Å². The fourth-order valence-corrected chi connectivity index (χ4v) is 2.82. The molecule has 0 spiro atoms. The van der Waals surface area contributed by atoms with Gasteiger partial charge in [-0.25, -0.2) is 8.42 Å². The van der Waals surface area contributed by atoms with Gasteiger partial charge in [0.05, 0.1) is 11.7 Å². The van der Waals surface area contributed by atoms with E-state index in [-0.39, 0.29) is 11.9 Å². The Morgan fingerprint density at radius 1 is 1.50 bits per heavy atom. The lowest BCUT2D eigenvalue weighted by Crippen LogP contribution is -2.40. The number of hydrogen-bond donors (Lipinski definition) is 1. The molecule has 0 amide bonds. The first-order chi connectivity index (χ1) is 7.35. The number of hydrogen-bond acceptors (Lipinski definition) is 4. The Morgan fingerprint density at radius 3 is 2.75 bits per heavy atom. The Balaban J connectivity index is 2.39. The molecule has 0 aromatic rings. The Hall–Kier alpha value is -0.130. The standard InChI is InChI=1S/C11H22O4S/c1-3-10-9-11(12,6-7-15-10)5-4-8-16(2,13)14/h10,12H,3-9H2,1-2H3. The maximum absolute atomic E-state index is 11.0. The van der Waals surface area contributed by atoms with Crippen LogP contribution in [0.25, 0.3) is 0 Å². The number of ether oxygens (including phenoxy) is 1. The average Bonchev–Trinajstić information content (AvgIpc) is 2.15. The van der Waals surface area contributed by atoms with Crippen LogP contribution >= 0.6 is 0 Å². The zero-order chi connectivity index (χ0) is 12.2. The highest BCUT2D eigenvalue weighted by molar-refractivity contribution is 7.90. The van der Waals surface area contributed by atoms with Gasteiger partial charge < -0.3 is 9.84 Å². The van der Waals surface area contributed by atoms with Gasteiger partial charge in [0.2, 0.25) is 0 Å². The van der Waals surface area contributed by atoms with Crippen molar-refractivity contribution in [1.29, 1.82) is 0 Å². The fraction of sp³-hybridized carbons (Fsp3) is 1.00. The van der Waals surface area contributed by atoms with Crippen molar-refractivity contribution in [1.82, 2.24) is 0 Å². The van der Waals surface area contributed by atoms with Crippen molar-refractivity contribution in [3.8, 4) is 0 Å². The second kappa shape index (κ2) is 5.47. The first kappa shape index (κ1) is 13.9. The van der Waals surface area contributed by atoms with Gasteiger partial charge in [-0.2, -0.15) is 0 Å². The van der Waals surface area contributed by atoms with Gasteiger partial charge in [-0.1, -0.05) is 6.92 Å². The van der Waals surface area contributed by atoms with Gasteiger partial charge in [0, 0.05) is 25.0 Å². The molecule has 0 radical (unpaired) electrons. The lowest BCUT2D eigenvalue weighted by molar-refractivity contribution is -0.107. The van der Waals surface area contributed by atoms with Crippen molar-refractivity contribution >= 4 is 9.84 Å². The zero-order valence-electron chi connectivity index (χ0n) is 10.1. The summed E-state index contributed by atoms with van der Waals surface area (Å²) in [5, 5.41) is 10.3. The quantitative estimate of drug-likeness (QED) is 0.794. The highest BCUT2D eigenvalue weighted by Crippen LogP contribution is 2.30. The minimum atomic E-state index is -2.91. The molecule has 0 aliphatic carbocycles. The van der Waals surface area contributed by atoms with Gasteiger partial charge in [-0.3, -0.25) is 0 Å². The minimum absolute atomic E-state index is 0.122. The van der Waals surface area contributed by atoms with Gasteiger partial charge in [0.15, 0.2) is 0 Å². The lowest BCUT2D eigenvalue weighted by Gasteiger charge is -2.36. The highest BCUT2D eigenvalue weighted by atomic mass is 32.2. The summed E-state index contributed by atoms with van der Waals surface area (Å²) in [7, 11) is -2.91. The van der Waals surface area contributed by atoms with E-state index in [1.807, 2.05) is 6.92 Å². The number of rotatable bonds is 5. The molecule has 2 unspecified atom stereocenters. The summed E-state index contributed by atoms with van der Waals surface area (Å²) in [6.07, 6.45) is 4.59. The second-order valence-corrected chi connectivity index (χ2v) is 7.07. The van der Waals surface area contributed by atoms with E-state index in [4.69, 9.17) is 4.74 Å². The average molecular weight is 250 g/mol. The van der Waals surface area contributed by atoms with Gasteiger partial charge in [-0.05, 0) is 25.7 Å². The topological polar surface area (TPSA) is 63.6 Å². The van der Waals surface area contributed by atoms with Crippen LogP contribution in [0.1, 0.15) is 39.0 Å². The van der Waals surface area contributed by atoms with E-state index >= 15 is 0 Å². The lowest BCUT2D eigenvalue weighted by atomic mass is 9.86. The van der Waals surface area contributed by atoms with Crippen molar-refractivity contribution in [3.63, 3.8) is 0 Å². The summed E-state index contributed by atoms with van der Waals surface area (Å²) in [4.78, 5) is 0. The molecular formula is C11H22O4S. The van der Waals surface area contributed by atoms with Crippen LogP contribution in [-0.2, 0) is 14.6 Å². The van der Waals surface area contributed by atoms with Crippen LogP contribution < -0.4 is 0 Å². The Bertz CT molecular complexity index is 312. The third-order valence-electron chi connectivity index (χ3n) is 3.14. The van der Waals surface area contributed by atoms with E-state index in [0.29, 0.717) is 32.3 Å². The third-order valence-corrected chi connectivity index (χ3v) is 4.17. The maximum atomic E-state index is 11.0. The molecule has 1 fully saturated rings. The van der Waals surface area contributed by atoms with E-state index in [1.54, 1.807) is 0 Å². The predicted octanol–water partition coefficient (Wildman–Crippen LogP) is 1.13. The molecule has 1 saturated heterocycles. The van der Waals surface area contributed by atoms with E-state index in [1.165, 1.54) is 6.26 Å². The molecule has 0 bridgehead atoms. The van der Waals surface area contributed by atoms with Crippen LogP contribution in [0, 0.1) is 0 Å².